The minimum Gasteiger partial charge on any atom is -0.506 e. The molecular weight excluding hydrogens is 270 g/mol. The van der Waals surface area contributed by atoms with Crippen molar-refractivity contribution in [2.45, 2.75) is 32.4 Å². The Bertz CT molecular complexity index is 546. The highest BCUT2D eigenvalue weighted by atomic mass is 28.3. The monoisotopic (exact) mass is 291 g/mol. The molecule has 0 aromatic carbocycles. The summed E-state index contributed by atoms with van der Waals surface area (Å²) < 4.78 is 7.48. The van der Waals surface area contributed by atoms with Gasteiger partial charge in [0.15, 0.2) is 0 Å². The van der Waals surface area contributed by atoms with Crippen LogP contribution in [0.3, 0.4) is 0 Å². The van der Waals surface area contributed by atoms with Gasteiger partial charge in [-0.25, -0.2) is 4.68 Å². The third-order valence-electron chi connectivity index (χ3n) is 2.94. The zero-order valence-corrected chi connectivity index (χ0v) is 13.2. The topological polar surface area (TPSA) is 60.2 Å². The minimum atomic E-state index is -1.06. The predicted molar refractivity (Wildman–Crippen MR) is 81.2 cm³/mol. The molecule has 0 amide bonds. The van der Waals surface area contributed by atoms with Crippen molar-refractivity contribution in [1.29, 1.82) is 0 Å². The highest BCUT2D eigenvalue weighted by Crippen LogP contribution is 2.18. The number of aromatic hydroxyl groups is 1. The molecule has 2 heterocycles. The molecule has 0 fully saturated rings. The van der Waals surface area contributed by atoms with Gasteiger partial charge in [-0.1, -0.05) is 19.6 Å². The molecule has 108 valence electrons. The van der Waals surface area contributed by atoms with Gasteiger partial charge in [-0.3, -0.25) is 4.98 Å². The summed E-state index contributed by atoms with van der Waals surface area (Å²) in [6.07, 6.45) is 3.16. The fourth-order valence-electron chi connectivity index (χ4n) is 1.72. The van der Waals surface area contributed by atoms with Gasteiger partial charge in [-0.15, -0.1) is 0 Å². The summed E-state index contributed by atoms with van der Waals surface area (Å²) in [5, 5.41) is 13.5. The molecule has 0 aliphatic rings. The minimum absolute atomic E-state index is 0.159. The third-order valence-corrected chi connectivity index (χ3v) is 4.64. The Balaban J connectivity index is 1.97. The van der Waals surface area contributed by atoms with Crippen molar-refractivity contribution in [3.63, 3.8) is 0 Å². The van der Waals surface area contributed by atoms with Crippen LogP contribution in [0, 0.1) is 0 Å². The van der Waals surface area contributed by atoms with Crippen LogP contribution in [0.1, 0.15) is 0 Å². The van der Waals surface area contributed by atoms with Crippen molar-refractivity contribution in [3.05, 3.63) is 30.6 Å². The quantitative estimate of drug-likeness (QED) is 0.656. The number of hydrogen-bond donors (Lipinski definition) is 1. The fourth-order valence-corrected chi connectivity index (χ4v) is 2.48. The summed E-state index contributed by atoms with van der Waals surface area (Å²) in [7, 11) is -1.06. The second kappa shape index (κ2) is 6.19. The van der Waals surface area contributed by atoms with Gasteiger partial charge in [-0.2, -0.15) is 5.10 Å². The van der Waals surface area contributed by atoms with E-state index < -0.39 is 8.07 Å². The Morgan fingerprint density at radius 2 is 2.05 bits per heavy atom. The molecule has 0 aliphatic carbocycles. The van der Waals surface area contributed by atoms with Crippen molar-refractivity contribution in [3.8, 4) is 17.1 Å². The Morgan fingerprint density at radius 1 is 1.25 bits per heavy atom. The lowest BCUT2D eigenvalue weighted by atomic mass is 10.3. The maximum absolute atomic E-state index is 9.27. The van der Waals surface area contributed by atoms with Gasteiger partial charge in [0, 0.05) is 20.9 Å². The lowest BCUT2D eigenvalue weighted by Crippen LogP contribution is -2.22. The Kier molecular flexibility index (Phi) is 4.56. The standard InChI is InChI=1S/C14H21N3O2Si/c1-20(2,3)9-8-19-11-17-14(6-7-16-17)13-5-4-12(18)10-15-13/h4-7,10,18H,8-9,11H2,1-3H3. The van der Waals surface area contributed by atoms with Crippen molar-refractivity contribution < 1.29 is 9.84 Å². The Morgan fingerprint density at radius 3 is 2.70 bits per heavy atom. The summed E-state index contributed by atoms with van der Waals surface area (Å²) in [6, 6.07) is 6.42. The molecule has 2 aromatic rings. The number of nitrogens with zero attached hydrogens (tertiary/aromatic N) is 3. The first kappa shape index (κ1) is 14.7. The van der Waals surface area contributed by atoms with Crippen LogP contribution in [0.5, 0.6) is 5.75 Å². The molecule has 0 unspecified atom stereocenters. The number of rotatable bonds is 6. The van der Waals surface area contributed by atoms with Crippen LogP contribution in [-0.2, 0) is 11.5 Å². The van der Waals surface area contributed by atoms with E-state index in [1.807, 2.05) is 6.07 Å². The van der Waals surface area contributed by atoms with E-state index in [1.165, 1.54) is 6.20 Å². The first-order valence-corrected chi connectivity index (χ1v) is 10.4. The fraction of sp³-hybridized carbons (Fsp3) is 0.429. The van der Waals surface area contributed by atoms with Gasteiger partial charge in [0.2, 0.25) is 0 Å². The van der Waals surface area contributed by atoms with Crippen molar-refractivity contribution in [2.75, 3.05) is 6.61 Å². The molecule has 1 N–H and O–H groups in total. The van der Waals surface area contributed by atoms with E-state index in [-0.39, 0.29) is 5.75 Å². The van der Waals surface area contributed by atoms with Crippen molar-refractivity contribution >= 4 is 8.07 Å². The van der Waals surface area contributed by atoms with Crippen molar-refractivity contribution in [1.82, 2.24) is 14.8 Å². The summed E-state index contributed by atoms with van der Waals surface area (Å²) in [5.74, 6) is 0.159. The molecule has 0 spiro atoms. The van der Waals surface area contributed by atoms with E-state index in [0.717, 1.165) is 24.0 Å². The molecule has 20 heavy (non-hydrogen) atoms. The molecule has 0 saturated carbocycles. The lowest BCUT2D eigenvalue weighted by Gasteiger charge is -2.15. The number of pyridine rings is 1. The second-order valence-electron chi connectivity index (χ2n) is 5.97. The number of ether oxygens (including phenoxy) is 1. The normalized spacial score (nSPS) is 11.8. The second-order valence-corrected chi connectivity index (χ2v) is 11.6. The van der Waals surface area contributed by atoms with Crippen LogP contribution >= 0.6 is 0 Å². The summed E-state index contributed by atoms with van der Waals surface area (Å²) in [5.41, 5.74) is 1.66. The lowest BCUT2D eigenvalue weighted by molar-refractivity contribution is 0.0797. The highest BCUT2D eigenvalue weighted by molar-refractivity contribution is 6.76. The number of aromatic nitrogens is 3. The largest absolute Gasteiger partial charge is 0.506 e. The van der Waals surface area contributed by atoms with Crippen LogP contribution in [0.25, 0.3) is 11.4 Å². The molecule has 0 aliphatic heterocycles. The molecule has 0 atom stereocenters. The van der Waals surface area contributed by atoms with E-state index in [1.54, 1.807) is 23.0 Å². The third kappa shape index (κ3) is 4.18. The Labute approximate surface area is 120 Å². The van der Waals surface area contributed by atoms with Gasteiger partial charge < -0.3 is 9.84 Å². The molecule has 2 aromatic heterocycles. The molecule has 2 rings (SSSR count). The zero-order chi connectivity index (χ0) is 14.6. The van der Waals surface area contributed by atoms with Crippen LogP contribution in [0.4, 0.5) is 0 Å². The van der Waals surface area contributed by atoms with Crippen LogP contribution in [0.15, 0.2) is 30.6 Å². The maximum Gasteiger partial charge on any atom is 0.140 e. The molecule has 0 bridgehead atoms. The summed E-state index contributed by atoms with van der Waals surface area (Å²) in [6.45, 7) is 8.18. The van der Waals surface area contributed by atoms with Crippen molar-refractivity contribution in [2.24, 2.45) is 0 Å². The molecule has 5 nitrogen and oxygen atoms in total. The van der Waals surface area contributed by atoms with Gasteiger partial charge >= 0.3 is 0 Å². The molecule has 6 heteroatoms. The van der Waals surface area contributed by atoms with Crippen LogP contribution in [0.2, 0.25) is 25.7 Å². The van der Waals surface area contributed by atoms with Gasteiger partial charge in [0.25, 0.3) is 0 Å². The SMILES string of the molecule is C[Si](C)(C)CCOCn1nccc1-c1ccc(O)cn1. The zero-order valence-electron chi connectivity index (χ0n) is 12.2. The van der Waals surface area contributed by atoms with Gasteiger partial charge in [0.1, 0.15) is 12.5 Å². The Hall–Kier alpha value is -1.66. The molecular formula is C14H21N3O2Si. The average molecular weight is 291 g/mol. The van der Waals surface area contributed by atoms with Crippen LogP contribution in [-0.4, -0.2) is 34.6 Å². The first-order valence-electron chi connectivity index (χ1n) is 6.71. The molecule has 0 saturated heterocycles. The molecule has 0 radical (unpaired) electrons. The van der Waals surface area contributed by atoms with E-state index in [9.17, 15) is 5.11 Å². The number of hydrogen-bond acceptors (Lipinski definition) is 4. The summed E-state index contributed by atoms with van der Waals surface area (Å²) >= 11 is 0. The smallest absolute Gasteiger partial charge is 0.140 e. The van der Waals surface area contributed by atoms with Gasteiger partial charge in [-0.05, 0) is 24.2 Å². The van der Waals surface area contributed by atoms with E-state index in [0.29, 0.717) is 6.73 Å². The van der Waals surface area contributed by atoms with Gasteiger partial charge in [0.05, 0.1) is 17.6 Å². The summed E-state index contributed by atoms with van der Waals surface area (Å²) in [4.78, 5) is 4.19. The first-order chi connectivity index (χ1) is 9.46. The average Bonchev–Trinajstić information content (AvgIpc) is 2.83. The predicted octanol–water partition coefficient (Wildman–Crippen LogP) is 2.96. The van der Waals surface area contributed by atoms with E-state index in [2.05, 4.69) is 29.7 Å². The van der Waals surface area contributed by atoms with E-state index in [4.69, 9.17) is 4.74 Å². The van der Waals surface area contributed by atoms with Crippen LogP contribution < -0.4 is 0 Å². The maximum atomic E-state index is 9.27. The highest BCUT2D eigenvalue weighted by Gasteiger charge is 2.12. The van der Waals surface area contributed by atoms with E-state index >= 15 is 0 Å².